The van der Waals surface area contributed by atoms with E-state index >= 15 is 0 Å². The van der Waals surface area contributed by atoms with E-state index in [1.165, 1.54) is 0 Å². The molecule has 0 aromatic heterocycles. The van der Waals surface area contributed by atoms with Crippen LogP contribution < -0.4 is 16.4 Å². The van der Waals surface area contributed by atoms with Gasteiger partial charge in [0.25, 0.3) is 0 Å². The van der Waals surface area contributed by atoms with Crippen molar-refractivity contribution in [1.82, 2.24) is 15.5 Å². The Bertz CT molecular complexity index is 757. The number of nitrogens with two attached hydrogens (primary N) is 1. The minimum absolute atomic E-state index is 0.0804. The van der Waals surface area contributed by atoms with E-state index in [0.717, 1.165) is 4.90 Å². The average Bonchev–Trinajstić information content (AvgIpc) is 3.20. The van der Waals surface area contributed by atoms with E-state index in [1.54, 1.807) is 6.92 Å². The zero-order valence-corrected chi connectivity index (χ0v) is 17.9. The van der Waals surface area contributed by atoms with Gasteiger partial charge in [0.2, 0.25) is 17.7 Å². The molecule has 0 radical (unpaired) electrons. The van der Waals surface area contributed by atoms with Gasteiger partial charge in [-0.15, -0.1) is 0 Å². The number of carbonyl (C=O) groups is 6. The largest absolute Gasteiger partial charge is 0.481 e. The van der Waals surface area contributed by atoms with Crippen LogP contribution in [0, 0.1) is 5.92 Å². The van der Waals surface area contributed by atoms with E-state index in [2.05, 4.69) is 10.6 Å². The van der Waals surface area contributed by atoms with Crippen LogP contribution in [0.5, 0.6) is 0 Å². The summed E-state index contributed by atoms with van der Waals surface area (Å²) >= 11 is 0. The van der Waals surface area contributed by atoms with Crippen molar-refractivity contribution in [2.75, 3.05) is 6.54 Å². The molecule has 3 amide bonds. The molecule has 1 saturated heterocycles. The van der Waals surface area contributed by atoms with Gasteiger partial charge in [-0.1, -0.05) is 20.3 Å². The zero-order valence-electron chi connectivity index (χ0n) is 17.9. The number of hydrogen-bond donors (Lipinski definition) is 6. The predicted molar refractivity (Wildman–Crippen MR) is 108 cm³/mol. The molecule has 1 aliphatic rings. The third-order valence-corrected chi connectivity index (χ3v) is 5.38. The second-order valence-electron chi connectivity index (χ2n) is 7.76. The molecule has 5 unspecified atom stereocenters. The summed E-state index contributed by atoms with van der Waals surface area (Å²) in [7, 11) is 0. The smallest absolute Gasteiger partial charge is 0.326 e. The summed E-state index contributed by atoms with van der Waals surface area (Å²) in [6.07, 6.45) is -0.467. The van der Waals surface area contributed by atoms with Crippen molar-refractivity contribution in [2.45, 2.75) is 70.1 Å². The number of rotatable bonds is 12. The van der Waals surface area contributed by atoms with Crippen LogP contribution in [0.2, 0.25) is 0 Å². The van der Waals surface area contributed by atoms with Crippen molar-refractivity contribution in [3.05, 3.63) is 0 Å². The van der Waals surface area contributed by atoms with Gasteiger partial charge < -0.3 is 36.6 Å². The van der Waals surface area contributed by atoms with Crippen LogP contribution in [0.1, 0.15) is 46.0 Å². The van der Waals surface area contributed by atoms with Gasteiger partial charge in [0.15, 0.2) is 0 Å². The SMILES string of the molecule is CCC(C)C(N)C(=O)NC(CC(=O)O)C(=O)N1CCCC1C(=O)NC(CC(=O)O)C(=O)O. The summed E-state index contributed by atoms with van der Waals surface area (Å²) in [6.45, 7) is 3.63. The Hall–Kier alpha value is -3.22. The lowest BCUT2D eigenvalue weighted by Gasteiger charge is -2.29. The molecule has 0 aromatic carbocycles. The van der Waals surface area contributed by atoms with Crippen LogP contribution in [-0.2, 0) is 28.8 Å². The highest BCUT2D eigenvalue weighted by atomic mass is 16.4. The van der Waals surface area contributed by atoms with Crippen LogP contribution in [0.25, 0.3) is 0 Å². The van der Waals surface area contributed by atoms with E-state index in [1.807, 2.05) is 6.92 Å². The van der Waals surface area contributed by atoms with Crippen molar-refractivity contribution in [3.63, 3.8) is 0 Å². The number of nitrogens with one attached hydrogen (secondary N) is 2. The van der Waals surface area contributed by atoms with Crippen LogP contribution >= 0.6 is 0 Å². The maximum Gasteiger partial charge on any atom is 0.326 e. The molecule has 0 aromatic rings. The highest BCUT2D eigenvalue weighted by molar-refractivity contribution is 5.96. The number of likely N-dealkylation sites (tertiary alicyclic amines) is 1. The van der Waals surface area contributed by atoms with Gasteiger partial charge >= 0.3 is 17.9 Å². The minimum atomic E-state index is -1.69. The van der Waals surface area contributed by atoms with E-state index in [9.17, 15) is 28.8 Å². The summed E-state index contributed by atoms with van der Waals surface area (Å²) in [5.41, 5.74) is 5.85. The molecule has 5 atom stereocenters. The molecule has 1 aliphatic heterocycles. The molecule has 1 heterocycles. The molecule has 1 rings (SSSR count). The lowest BCUT2D eigenvalue weighted by Crippen LogP contribution is -2.57. The third-order valence-electron chi connectivity index (χ3n) is 5.38. The first-order chi connectivity index (χ1) is 14.9. The third kappa shape index (κ3) is 7.48. The molecule has 0 spiro atoms. The van der Waals surface area contributed by atoms with Gasteiger partial charge in [0.05, 0.1) is 18.9 Å². The fourth-order valence-corrected chi connectivity index (χ4v) is 3.30. The topological polar surface area (TPSA) is 216 Å². The van der Waals surface area contributed by atoms with Gasteiger partial charge in [-0.3, -0.25) is 24.0 Å². The van der Waals surface area contributed by atoms with Crippen molar-refractivity contribution >= 4 is 35.6 Å². The highest BCUT2D eigenvalue weighted by Gasteiger charge is 2.40. The first kappa shape index (κ1) is 26.8. The van der Waals surface area contributed by atoms with Crippen molar-refractivity contribution in [3.8, 4) is 0 Å². The van der Waals surface area contributed by atoms with Gasteiger partial charge in [-0.25, -0.2) is 4.79 Å². The normalized spacial score (nSPS) is 19.3. The molecule has 0 bridgehead atoms. The Labute approximate surface area is 184 Å². The molecule has 0 aliphatic carbocycles. The fraction of sp³-hybridized carbons (Fsp3) is 0.684. The zero-order chi connectivity index (χ0) is 24.6. The highest BCUT2D eigenvalue weighted by Crippen LogP contribution is 2.20. The molecule has 32 heavy (non-hydrogen) atoms. The Morgan fingerprint density at radius 1 is 1.00 bits per heavy atom. The predicted octanol–water partition coefficient (Wildman–Crippen LogP) is -1.65. The van der Waals surface area contributed by atoms with Gasteiger partial charge in [-0.2, -0.15) is 0 Å². The van der Waals surface area contributed by atoms with E-state index in [0.29, 0.717) is 12.8 Å². The van der Waals surface area contributed by atoms with Crippen molar-refractivity contribution in [2.24, 2.45) is 11.7 Å². The van der Waals surface area contributed by atoms with Crippen molar-refractivity contribution in [1.29, 1.82) is 0 Å². The first-order valence-electron chi connectivity index (χ1n) is 10.2. The summed E-state index contributed by atoms with van der Waals surface area (Å²) in [5.74, 6) is -6.95. The van der Waals surface area contributed by atoms with E-state index < -0.39 is 72.6 Å². The monoisotopic (exact) mass is 458 g/mol. The Morgan fingerprint density at radius 2 is 1.56 bits per heavy atom. The molecule has 1 fully saturated rings. The molecule has 7 N–H and O–H groups in total. The Kier molecular flexibility index (Phi) is 10.0. The second kappa shape index (κ2) is 12.0. The number of carbonyl (C=O) groups excluding carboxylic acids is 3. The minimum Gasteiger partial charge on any atom is -0.481 e. The summed E-state index contributed by atoms with van der Waals surface area (Å²) in [6, 6.07) is -5.26. The number of amides is 3. The second-order valence-corrected chi connectivity index (χ2v) is 7.76. The standard InChI is InChI=1S/C19H30N4O9/c1-3-9(2)15(20)17(29)21-10(7-13(24)25)18(30)23-6-4-5-12(23)16(28)22-11(19(31)32)8-14(26)27/h9-12,15H,3-8,20H2,1-2H3,(H,21,29)(H,22,28)(H,24,25)(H,26,27)(H,31,32). The number of carboxylic acids is 3. The molecule has 13 heteroatoms. The maximum atomic E-state index is 13.0. The fourth-order valence-electron chi connectivity index (χ4n) is 3.30. The van der Waals surface area contributed by atoms with Crippen LogP contribution in [0.3, 0.4) is 0 Å². The van der Waals surface area contributed by atoms with Gasteiger partial charge in [-0.05, 0) is 18.8 Å². The molecular formula is C19H30N4O9. The number of aliphatic carboxylic acids is 3. The van der Waals surface area contributed by atoms with Crippen LogP contribution in [0.4, 0.5) is 0 Å². The first-order valence-corrected chi connectivity index (χ1v) is 10.2. The Balaban J connectivity index is 2.99. The number of hydrogen-bond acceptors (Lipinski definition) is 7. The lowest BCUT2D eigenvalue weighted by molar-refractivity contribution is -0.149. The molecule has 180 valence electrons. The molecule has 13 nitrogen and oxygen atoms in total. The average molecular weight is 458 g/mol. The summed E-state index contributed by atoms with van der Waals surface area (Å²) in [5, 5.41) is 31.5. The molecular weight excluding hydrogens is 428 g/mol. The van der Waals surface area contributed by atoms with E-state index in [4.69, 9.17) is 21.1 Å². The van der Waals surface area contributed by atoms with Gasteiger partial charge in [0, 0.05) is 6.54 Å². The lowest BCUT2D eigenvalue weighted by atomic mass is 9.99. The van der Waals surface area contributed by atoms with E-state index in [-0.39, 0.29) is 18.9 Å². The maximum absolute atomic E-state index is 13.0. The Morgan fingerprint density at radius 3 is 2.06 bits per heavy atom. The van der Waals surface area contributed by atoms with Crippen molar-refractivity contribution < 1.29 is 44.1 Å². The quantitative estimate of drug-likeness (QED) is 0.196. The van der Waals surface area contributed by atoms with Crippen LogP contribution in [0.15, 0.2) is 0 Å². The van der Waals surface area contributed by atoms with Crippen LogP contribution in [-0.4, -0.2) is 86.6 Å². The number of nitrogens with zero attached hydrogens (tertiary/aromatic N) is 1. The molecule has 0 saturated carbocycles. The summed E-state index contributed by atoms with van der Waals surface area (Å²) < 4.78 is 0. The number of carboxylic acid groups (broad SMARTS) is 3. The van der Waals surface area contributed by atoms with Gasteiger partial charge in [0.1, 0.15) is 18.1 Å². The summed E-state index contributed by atoms with van der Waals surface area (Å²) in [4.78, 5) is 72.3.